The summed E-state index contributed by atoms with van der Waals surface area (Å²) in [5.74, 6) is -5.15. The van der Waals surface area contributed by atoms with E-state index in [0.29, 0.717) is 12.2 Å². The molecular formula is C9H14F2N4O2. The van der Waals surface area contributed by atoms with Crippen molar-refractivity contribution in [3.05, 3.63) is 11.9 Å². The number of rotatable bonds is 6. The molecule has 0 aliphatic rings. The maximum atomic E-state index is 13.3. The van der Waals surface area contributed by atoms with Gasteiger partial charge in [-0.25, -0.2) is 9.48 Å². The molecule has 0 fully saturated rings. The number of esters is 1. The lowest BCUT2D eigenvalue weighted by Crippen LogP contribution is -2.35. The largest absolute Gasteiger partial charge is 0.462 e. The topological polar surface area (TPSA) is 69.0 Å². The van der Waals surface area contributed by atoms with Crippen molar-refractivity contribution >= 4 is 5.97 Å². The molecule has 0 radical (unpaired) electrons. The average molecular weight is 248 g/mol. The second kappa shape index (κ2) is 5.67. The van der Waals surface area contributed by atoms with Gasteiger partial charge in [-0.2, -0.15) is 8.78 Å². The summed E-state index contributed by atoms with van der Waals surface area (Å²) in [6.07, 6.45) is 1.35. The van der Waals surface area contributed by atoms with Crippen molar-refractivity contribution in [2.45, 2.75) is 25.9 Å². The van der Waals surface area contributed by atoms with Gasteiger partial charge in [-0.3, -0.25) is 0 Å². The van der Waals surface area contributed by atoms with Gasteiger partial charge in [0.2, 0.25) is 0 Å². The third-order valence-corrected chi connectivity index (χ3v) is 1.88. The van der Waals surface area contributed by atoms with E-state index in [1.54, 1.807) is 7.05 Å². The first-order chi connectivity index (χ1) is 7.99. The van der Waals surface area contributed by atoms with Crippen molar-refractivity contribution in [1.82, 2.24) is 20.3 Å². The van der Waals surface area contributed by atoms with Gasteiger partial charge in [0.1, 0.15) is 6.54 Å². The molecule has 1 N–H and O–H groups in total. The van der Waals surface area contributed by atoms with E-state index in [9.17, 15) is 13.6 Å². The van der Waals surface area contributed by atoms with E-state index in [1.807, 2.05) is 0 Å². The van der Waals surface area contributed by atoms with Crippen LogP contribution >= 0.6 is 0 Å². The van der Waals surface area contributed by atoms with Crippen molar-refractivity contribution in [3.63, 3.8) is 0 Å². The van der Waals surface area contributed by atoms with Gasteiger partial charge < -0.3 is 10.1 Å². The molecule has 0 saturated heterocycles. The predicted octanol–water partition coefficient (Wildman–Crippen LogP) is 0.196. The number of ether oxygens (including phenoxy) is 1. The fraction of sp³-hybridized carbons (Fsp3) is 0.667. The molecule has 0 spiro atoms. The third-order valence-electron chi connectivity index (χ3n) is 1.88. The molecule has 17 heavy (non-hydrogen) atoms. The number of carbonyl (C=O) groups is 1. The summed E-state index contributed by atoms with van der Waals surface area (Å²) in [6, 6.07) is 0. The molecule has 1 aromatic heterocycles. The highest BCUT2D eigenvalue weighted by atomic mass is 19.3. The first-order valence-corrected chi connectivity index (χ1v) is 5.08. The average Bonchev–Trinajstić information content (AvgIpc) is 2.66. The van der Waals surface area contributed by atoms with Gasteiger partial charge in [-0.05, 0) is 14.0 Å². The van der Waals surface area contributed by atoms with Crippen molar-refractivity contribution in [3.8, 4) is 0 Å². The lowest BCUT2D eigenvalue weighted by molar-refractivity contribution is -0.173. The molecule has 0 amide bonds. The number of hydrogen-bond acceptors (Lipinski definition) is 5. The Morgan fingerprint density at radius 1 is 1.65 bits per heavy atom. The minimum absolute atomic E-state index is 0.0865. The summed E-state index contributed by atoms with van der Waals surface area (Å²) in [5.41, 5.74) is 0.521. The molecule has 0 saturated carbocycles. The second-order valence-corrected chi connectivity index (χ2v) is 3.36. The number of carbonyl (C=O) groups excluding carboxylic acids is 1. The highest BCUT2D eigenvalue weighted by molar-refractivity contribution is 5.77. The molecule has 0 bridgehead atoms. The summed E-state index contributed by atoms with van der Waals surface area (Å²) in [5, 5.41) is 9.97. The molecule has 6 nitrogen and oxygen atoms in total. The SMILES string of the molecule is CCOC(=O)C(F)(F)Cn1cc(CNC)nn1. The van der Waals surface area contributed by atoms with Gasteiger partial charge in [-0.15, -0.1) is 5.10 Å². The smallest absolute Gasteiger partial charge is 0.379 e. The molecule has 1 aromatic rings. The Hall–Kier alpha value is -1.57. The summed E-state index contributed by atoms with van der Waals surface area (Å²) in [4.78, 5) is 11.0. The number of hydrogen-bond donors (Lipinski definition) is 1. The lowest BCUT2D eigenvalue weighted by atomic mass is 10.3. The van der Waals surface area contributed by atoms with E-state index in [2.05, 4.69) is 20.4 Å². The number of nitrogens with one attached hydrogen (secondary N) is 1. The van der Waals surface area contributed by atoms with Crippen LogP contribution in [0.2, 0.25) is 0 Å². The van der Waals surface area contributed by atoms with Crippen molar-refractivity contribution in [2.75, 3.05) is 13.7 Å². The van der Waals surface area contributed by atoms with E-state index in [-0.39, 0.29) is 6.61 Å². The molecule has 96 valence electrons. The summed E-state index contributed by atoms with van der Waals surface area (Å²) >= 11 is 0. The zero-order valence-electron chi connectivity index (χ0n) is 9.61. The molecule has 0 atom stereocenters. The molecule has 0 aromatic carbocycles. The summed E-state index contributed by atoms with van der Waals surface area (Å²) < 4.78 is 31.8. The summed E-state index contributed by atoms with van der Waals surface area (Å²) in [7, 11) is 1.70. The van der Waals surface area contributed by atoms with Gasteiger partial charge in [0.25, 0.3) is 0 Å². The van der Waals surface area contributed by atoms with Gasteiger partial charge in [-0.1, -0.05) is 5.21 Å². The Labute approximate surface area is 96.9 Å². The summed E-state index contributed by atoms with van der Waals surface area (Å²) in [6.45, 7) is 0.929. The number of aromatic nitrogens is 3. The van der Waals surface area contributed by atoms with Crippen LogP contribution in [0.4, 0.5) is 8.78 Å². The fourth-order valence-electron chi connectivity index (χ4n) is 1.18. The number of alkyl halides is 2. The Balaban J connectivity index is 2.65. The zero-order valence-corrected chi connectivity index (χ0v) is 9.61. The quantitative estimate of drug-likeness (QED) is 0.728. The Bertz CT molecular complexity index is 381. The Kier molecular flexibility index (Phi) is 4.50. The van der Waals surface area contributed by atoms with Crippen molar-refractivity contribution in [2.24, 2.45) is 0 Å². The van der Waals surface area contributed by atoms with Crippen LogP contribution in [0.15, 0.2) is 6.20 Å². The standard InChI is InChI=1S/C9H14F2N4O2/c1-3-17-8(16)9(10,11)6-15-5-7(4-12-2)13-14-15/h5,12H,3-4,6H2,1-2H3. The fourth-order valence-corrected chi connectivity index (χ4v) is 1.18. The zero-order chi connectivity index (χ0) is 12.9. The van der Waals surface area contributed by atoms with E-state index < -0.39 is 18.4 Å². The second-order valence-electron chi connectivity index (χ2n) is 3.36. The van der Waals surface area contributed by atoms with E-state index in [1.165, 1.54) is 13.1 Å². The first kappa shape index (κ1) is 13.5. The van der Waals surface area contributed by atoms with Crippen LogP contribution in [0.25, 0.3) is 0 Å². The van der Waals surface area contributed by atoms with Crippen LogP contribution < -0.4 is 5.32 Å². The lowest BCUT2D eigenvalue weighted by Gasteiger charge is -2.13. The molecule has 8 heteroatoms. The highest BCUT2D eigenvalue weighted by Gasteiger charge is 2.41. The van der Waals surface area contributed by atoms with Gasteiger partial charge >= 0.3 is 11.9 Å². The van der Waals surface area contributed by atoms with Gasteiger partial charge in [0.05, 0.1) is 18.5 Å². The minimum Gasteiger partial charge on any atom is -0.462 e. The molecule has 0 aliphatic carbocycles. The van der Waals surface area contributed by atoms with Crippen LogP contribution in [-0.2, 0) is 22.6 Å². The van der Waals surface area contributed by atoms with Crippen LogP contribution in [0.1, 0.15) is 12.6 Å². The van der Waals surface area contributed by atoms with Crippen LogP contribution in [0, 0.1) is 0 Å². The molecule has 0 unspecified atom stereocenters. The monoisotopic (exact) mass is 248 g/mol. The van der Waals surface area contributed by atoms with Crippen molar-refractivity contribution in [1.29, 1.82) is 0 Å². The van der Waals surface area contributed by atoms with E-state index >= 15 is 0 Å². The van der Waals surface area contributed by atoms with Crippen LogP contribution in [-0.4, -0.2) is 40.5 Å². The van der Waals surface area contributed by atoms with E-state index in [4.69, 9.17) is 0 Å². The van der Waals surface area contributed by atoms with Crippen molar-refractivity contribution < 1.29 is 18.3 Å². The molecule has 1 heterocycles. The molecule has 1 rings (SSSR count). The maximum absolute atomic E-state index is 13.3. The van der Waals surface area contributed by atoms with E-state index in [0.717, 1.165) is 4.68 Å². The Morgan fingerprint density at radius 2 is 2.35 bits per heavy atom. The predicted molar refractivity (Wildman–Crippen MR) is 54.4 cm³/mol. The van der Waals surface area contributed by atoms with Gasteiger partial charge in [0, 0.05) is 6.54 Å². The third kappa shape index (κ3) is 3.74. The molecular weight excluding hydrogens is 234 g/mol. The maximum Gasteiger partial charge on any atom is 0.379 e. The first-order valence-electron chi connectivity index (χ1n) is 5.08. The number of halogens is 2. The minimum atomic E-state index is -3.60. The Morgan fingerprint density at radius 3 is 2.94 bits per heavy atom. The van der Waals surface area contributed by atoms with Crippen LogP contribution in [0.5, 0.6) is 0 Å². The molecule has 0 aliphatic heterocycles. The highest BCUT2D eigenvalue weighted by Crippen LogP contribution is 2.18. The number of nitrogens with zero attached hydrogens (tertiary/aromatic N) is 3. The van der Waals surface area contributed by atoms with Gasteiger partial charge in [0.15, 0.2) is 0 Å². The van der Waals surface area contributed by atoms with Crippen LogP contribution in [0.3, 0.4) is 0 Å². The normalized spacial score (nSPS) is 11.5.